The molecule has 13 heavy (non-hydrogen) atoms. The van der Waals surface area contributed by atoms with Crippen molar-refractivity contribution in [3.63, 3.8) is 0 Å². The summed E-state index contributed by atoms with van der Waals surface area (Å²) in [7, 11) is 0. The van der Waals surface area contributed by atoms with Gasteiger partial charge in [-0.05, 0) is 11.0 Å². The van der Waals surface area contributed by atoms with Gasteiger partial charge in [-0.15, -0.1) is 0 Å². The zero-order valence-electron chi connectivity index (χ0n) is 8.29. The van der Waals surface area contributed by atoms with Crippen LogP contribution in [0.2, 0.25) is 0 Å². The molecule has 0 heterocycles. The molecule has 70 valence electrons. The Balaban J connectivity index is 3.28. The first-order valence-corrected chi connectivity index (χ1v) is 4.73. The zero-order chi connectivity index (χ0) is 10.1. The highest BCUT2D eigenvalue weighted by molar-refractivity contribution is 7.80. The van der Waals surface area contributed by atoms with Crippen molar-refractivity contribution >= 4 is 17.2 Å². The Bertz CT molecular complexity index is 323. The van der Waals surface area contributed by atoms with Gasteiger partial charge in [0.2, 0.25) is 0 Å². The minimum atomic E-state index is 0.0972. The van der Waals surface area contributed by atoms with Crippen molar-refractivity contribution in [3.8, 4) is 0 Å². The van der Waals surface area contributed by atoms with Gasteiger partial charge in [-0.2, -0.15) is 0 Å². The summed E-state index contributed by atoms with van der Waals surface area (Å²) in [5.41, 5.74) is 7.94. The van der Waals surface area contributed by atoms with Gasteiger partial charge >= 0.3 is 0 Å². The van der Waals surface area contributed by atoms with Gasteiger partial charge in [0.05, 0.1) is 0 Å². The van der Waals surface area contributed by atoms with Crippen molar-refractivity contribution in [1.29, 1.82) is 0 Å². The van der Waals surface area contributed by atoms with Crippen LogP contribution < -0.4 is 5.73 Å². The molecule has 1 aromatic rings. The summed E-state index contributed by atoms with van der Waals surface area (Å²) in [4.78, 5) is 0.477. The van der Waals surface area contributed by atoms with Crippen LogP contribution in [-0.2, 0) is 5.41 Å². The molecule has 0 aliphatic heterocycles. The lowest BCUT2D eigenvalue weighted by Gasteiger charge is -2.22. The van der Waals surface area contributed by atoms with E-state index < -0.39 is 0 Å². The molecule has 0 saturated heterocycles. The average molecular weight is 193 g/mol. The summed E-state index contributed by atoms with van der Waals surface area (Å²) in [6.45, 7) is 6.47. The maximum Gasteiger partial charge on any atom is 0.104 e. The van der Waals surface area contributed by atoms with Crippen molar-refractivity contribution in [2.24, 2.45) is 5.73 Å². The monoisotopic (exact) mass is 193 g/mol. The van der Waals surface area contributed by atoms with E-state index in [4.69, 9.17) is 18.0 Å². The third kappa shape index (κ3) is 2.28. The minimum Gasteiger partial charge on any atom is -0.389 e. The summed E-state index contributed by atoms with van der Waals surface area (Å²) < 4.78 is 0. The Morgan fingerprint density at radius 3 is 2.15 bits per heavy atom. The van der Waals surface area contributed by atoms with Crippen LogP contribution >= 0.6 is 12.2 Å². The first kappa shape index (κ1) is 10.2. The Labute approximate surface area is 85.0 Å². The van der Waals surface area contributed by atoms with E-state index in [-0.39, 0.29) is 5.41 Å². The quantitative estimate of drug-likeness (QED) is 0.694. The molecule has 0 aliphatic carbocycles. The molecule has 0 aliphatic rings. The summed E-state index contributed by atoms with van der Waals surface area (Å²) in [6, 6.07) is 8.03. The van der Waals surface area contributed by atoms with Gasteiger partial charge in [-0.1, -0.05) is 57.3 Å². The van der Waals surface area contributed by atoms with Gasteiger partial charge in [0.25, 0.3) is 0 Å². The molecule has 0 fully saturated rings. The second kappa shape index (κ2) is 3.46. The molecular weight excluding hydrogens is 178 g/mol. The minimum absolute atomic E-state index is 0.0972. The standard InChI is InChI=1S/C11H15NS/c1-11(2,3)9-7-5-4-6-8(9)10(12)13/h4-7H,1-3H3,(H2,12,13). The van der Waals surface area contributed by atoms with Gasteiger partial charge in [0.1, 0.15) is 4.99 Å². The normalized spacial score (nSPS) is 11.3. The number of rotatable bonds is 1. The number of benzene rings is 1. The molecule has 0 saturated carbocycles. The predicted octanol–water partition coefficient (Wildman–Crippen LogP) is 2.62. The highest BCUT2D eigenvalue weighted by Gasteiger charge is 2.17. The van der Waals surface area contributed by atoms with E-state index in [0.717, 1.165) is 5.56 Å². The molecule has 2 heteroatoms. The first-order valence-electron chi connectivity index (χ1n) is 4.32. The van der Waals surface area contributed by atoms with Gasteiger partial charge in [-0.25, -0.2) is 0 Å². The van der Waals surface area contributed by atoms with Gasteiger partial charge in [-0.3, -0.25) is 0 Å². The van der Waals surface area contributed by atoms with Gasteiger partial charge in [0, 0.05) is 5.56 Å². The first-order chi connectivity index (χ1) is 5.93. The predicted molar refractivity (Wildman–Crippen MR) is 61.0 cm³/mol. The lowest BCUT2D eigenvalue weighted by atomic mass is 9.84. The third-order valence-electron chi connectivity index (χ3n) is 2.00. The number of thiocarbonyl (C=S) groups is 1. The van der Waals surface area contributed by atoms with Crippen LogP contribution in [0.15, 0.2) is 24.3 Å². The molecule has 0 atom stereocenters. The van der Waals surface area contributed by atoms with Gasteiger partial charge in [0.15, 0.2) is 0 Å². The second-order valence-corrected chi connectivity index (χ2v) is 4.60. The van der Waals surface area contributed by atoms with Crippen LogP contribution in [0.5, 0.6) is 0 Å². The highest BCUT2D eigenvalue weighted by Crippen LogP contribution is 2.25. The molecular formula is C11H15NS. The maximum absolute atomic E-state index is 5.64. The molecule has 1 rings (SSSR count). The molecule has 0 bridgehead atoms. The third-order valence-corrected chi connectivity index (χ3v) is 2.22. The van der Waals surface area contributed by atoms with E-state index in [1.54, 1.807) is 0 Å². The van der Waals surface area contributed by atoms with Crippen molar-refractivity contribution in [2.45, 2.75) is 26.2 Å². The maximum atomic E-state index is 5.64. The molecule has 0 aromatic heterocycles. The Kier molecular flexibility index (Phi) is 2.71. The molecule has 1 nitrogen and oxygen atoms in total. The number of nitrogens with two attached hydrogens (primary N) is 1. The lowest BCUT2D eigenvalue weighted by molar-refractivity contribution is 0.589. The summed E-state index contributed by atoms with van der Waals surface area (Å²) in [5, 5.41) is 0. The van der Waals surface area contributed by atoms with E-state index in [2.05, 4.69) is 26.8 Å². The molecule has 0 spiro atoms. The van der Waals surface area contributed by atoms with E-state index in [1.165, 1.54) is 5.56 Å². The average Bonchev–Trinajstić information content (AvgIpc) is 2.03. The smallest absolute Gasteiger partial charge is 0.104 e. The van der Waals surface area contributed by atoms with Crippen molar-refractivity contribution in [2.75, 3.05) is 0 Å². The van der Waals surface area contributed by atoms with Crippen molar-refractivity contribution in [3.05, 3.63) is 35.4 Å². The molecule has 0 radical (unpaired) electrons. The molecule has 0 amide bonds. The molecule has 0 unspecified atom stereocenters. The summed E-state index contributed by atoms with van der Waals surface area (Å²) in [6.07, 6.45) is 0. The van der Waals surface area contributed by atoms with Crippen molar-refractivity contribution in [1.82, 2.24) is 0 Å². The number of hydrogen-bond donors (Lipinski definition) is 1. The lowest BCUT2D eigenvalue weighted by Crippen LogP contribution is -2.20. The van der Waals surface area contributed by atoms with Crippen LogP contribution in [0.1, 0.15) is 31.9 Å². The molecule has 1 aromatic carbocycles. The van der Waals surface area contributed by atoms with Crippen LogP contribution in [0, 0.1) is 0 Å². The van der Waals surface area contributed by atoms with Gasteiger partial charge < -0.3 is 5.73 Å². The van der Waals surface area contributed by atoms with E-state index in [0.29, 0.717) is 4.99 Å². The fourth-order valence-electron chi connectivity index (χ4n) is 1.35. The topological polar surface area (TPSA) is 26.0 Å². The Morgan fingerprint density at radius 2 is 1.77 bits per heavy atom. The summed E-state index contributed by atoms with van der Waals surface area (Å²) in [5.74, 6) is 0. The van der Waals surface area contributed by atoms with Crippen LogP contribution in [0.25, 0.3) is 0 Å². The Morgan fingerprint density at radius 1 is 1.23 bits per heavy atom. The zero-order valence-corrected chi connectivity index (χ0v) is 9.11. The number of hydrogen-bond acceptors (Lipinski definition) is 1. The van der Waals surface area contributed by atoms with E-state index in [1.807, 2.05) is 18.2 Å². The highest BCUT2D eigenvalue weighted by atomic mass is 32.1. The van der Waals surface area contributed by atoms with Crippen molar-refractivity contribution < 1.29 is 0 Å². The summed E-state index contributed by atoms with van der Waals surface area (Å²) >= 11 is 5.00. The SMILES string of the molecule is CC(C)(C)c1ccccc1C(N)=S. The molecule has 2 N–H and O–H groups in total. The van der Waals surface area contributed by atoms with Crippen LogP contribution in [0.3, 0.4) is 0 Å². The second-order valence-electron chi connectivity index (χ2n) is 4.16. The van der Waals surface area contributed by atoms with Crippen LogP contribution in [0.4, 0.5) is 0 Å². The fraction of sp³-hybridized carbons (Fsp3) is 0.364. The van der Waals surface area contributed by atoms with E-state index >= 15 is 0 Å². The fourth-order valence-corrected chi connectivity index (χ4v) is 1.53. The Hall–Kier alpha value is -0.890. The van der Waals surface area contributed by atoms with Crippen LogP contribution in [-0.4, -0.2) is 4.99 Å². The largest absolute Gasteiger partial charge is 0.389 e. The van der Waals surface area contributed by atoms with E-state index in [9.17, 15) is 0 Å².